The Labute approximate surface area is 100 Å². The summed E-state index contributed by atoms with van der Waals surface area (Å²) in [5.74, 6) is 0.708. The lowest BCUT2D eigenvalue weighted by Gasteiger charge is -2.09. The molecule has 1 rings (SSSR count). The van der Waals surface area contributed by atoms with Gasteiger partial charge in [-0.15, -0.1) is 0 Å². The minimum absolute atomic E-state index is 0.0338. The Kier molecular flexibility index (Phi) is 5.04. The number of carbonyl (C=O) groups is 1. The SMILES string of the molecule is CC(C)Oc1ccc(C(=O)CCN=[N+]=[N-])cc1. The first-order chi connectivity index (χ1) is 8.13. The van der Waals surface area contributed by atoms with Crippen LogP contribution in [0, 0.1) is 0 Å². The van der Waals surface area contributed by atoms with Crippen molar-refractivity contribution in [3.05, 3.63) is 40.3 Å². The number of Topliss-reactive ketones (excluding diaryl/α,β-unsaturated/α-hetero) is 1. The van der Waals surface area contributed by atoms with Gasteiger partial charge in [0.15, 0.2) is 5.78 Å². The summed E-state index contributed by atoms with van der Waals surface area (Å²) in [7, 11) is 0. The van der Waals surface area contributed by atoms with E-state index in [0.717, 1.165) is 5.75 Å². The maximum absolute atomic E-state index is 11.6. The summed E-state index contributed by atoms with van der Waals surface area (Å²) < 4.78 is 5.47. The Morgan fingerprint density at radius 2 is 2.06 bits per heavy atom. The highest BCUT2D eigenvalue weighted by molar-refractivity contribution is 5.96. The number of azide groups is 1. The summed E-state index contributed by atoms with van der Waals surface area (Å²) in [4.78, 5) is 14.2. The highest BCUT2D eigenvalue weighted by atomic mass is 16.5. The lowest BCUT2D eigenvalue weighted by molar-refractivity contribution is 0.0985. The second-order valence-corrected chi connectivity index (χ2v) is 3.82. The van der Waals surface area contributed by atoms with Gasteiger partial charge in [-0.1, -0.05) is 5.11 Å². The number of ether oxygens (including phenoxy) is 1. The molecule has 0 atom stereocenters. The molecule has 17 heavy (non-hydrogen) atoms. The third-order valence-electron chi connectivity index (χ3n) is 2.05. The van der Waals surface area contributed by atoms with Gasteiger partial charge in [0.25, 0.3) is 0 Å². The van der Waals surface area contributed by atoms with Gasteiger partial charge in [0, 0.05) is 23.4 Å². The van der Waals surface area contributed by atoms with E-state index in [1.165, 1.54) is 0 Å². The molecule has 90 valence electrons. The van der Waals surface area contributed by atoms with Gasteiger partial charge in [-0.25, -0.2) is 0 Å². The number of carbonyl (C=O) groups excluding carboxylic acids is 1. The zero-order valence-electron chi connectivity index (χ0n) is 9.96. The molecule has 0 fully saturated rings. The van der Waals surface area contributed by atoms with Crippen molar-refractivity contribution in [3.8, 4) is 5.75 Å². The second kappa shape index (κ2) is 6.55. The molecule has 0 saturated heterocycles. The molecule has 1 aromatic carbocycles. The highest BCUT2D eigenvalue weighted by Crippen LogP contribution is 2.14. The third-order valence-corrected chi connectivity index (χ3v) is 2.05. The van der Waals surface area contributed by atoms with Crippen molar-refractivity contribution in [2.45, 2.75) is 26.4 Å². The van der Waals surface area contributed by atoms with Crippen LogP contribution in [0.15, 0.2) is 29.4 Å². The van der Waals surface area contributed by atoms with Crippen molar-refractivity contribution in [2.75, 3.05) is 6.54 Å². The van der Waals surface area contributed by atoms with E-state index in [-0.39, 0.29) is 24.9 Å². The Bertz CT molecular complexity index is 420. The van der Waals surface area contributed by atoms with E-state index < -0.39 is 0 Å². The van der Waals surface area contributed by atoms with Gasteiger partial charge in [-0.3, -0.25) is 4.79 Å². The molecule has 0 aliphatic heterocycles. The van der Waals surface area contributed by atoms with E-state index in [1.54, 1.807) is 24.3 Å². The van der Waals surface area contributed by atoms with Gasteiger partial charge in [0.2, 0.25) is 0 Å². The smallest absolute Gasteiger partial charge is 0.163 e. The van der Waals surface area contributed by atoms with Crippen molar-refractivity contribution in [3.63, 3.8) is 0 Å². The predicted octanol–water partition coefficient (Wildman–Crippen LogP) is 3.36. The maximum Gasteiger partial charge on any atom is 0.163 e. The van der Waals surface area contributed by atoms with Crippen LogP contribution in [0.2, 0.25) is 0 Å². The van der Waals surface area contributed by atoms with Crippen molar-refractivity contribution >= 4 is 5.78 Å². The molecule has 0 radical (unpaired) electrons. The van der Waals surface area contributed by atoms with Crippen LogP contribution in [-0.2, 0) is 0 Å². The molecule has 0 unspecified atom stereocenters. The maximum atomic E-state index is 11.6. The van der Waals surface area contributed by atoms with Crippen LogP contribution in [0.1, 0.15) is 30.6 Å². The summed E-state index contributed by atoms with van der Waals surface area (Å²) >= 11 is 0. The lowest BCUT2D eigenvalue weighted by atomic mass is 10.1. The number of hydrogen-bond donors (Lipinski definition) is 0. The predicted molar refractivity (Wildman–Crippen MR) is 65.2 cm³/mol. The minimum Gasteiger partial charge on any atom is -0.491 e. The Balaban J connectivity index is 2.60. The van der Waals surface area contributed by atoms with E-state index in [2.05, 4.69) is 10.0 Å². The topological polar surface area (TPSA) is 75.1 Å². The van der Waals surface area contributed by atoms with Gasteiger partial charge in [-0.2, -0.15) is 0 Å². The fraction of sp³-hybridized carbons (Fsp3) is 0.417. The molecule has 5 heteroatoms. The molecule has 0 amide bonds. The monoisotopic (exact) mass is 233 g/mol. The molecule has 0 N–H and O–H groups in total. The number of hydrogen-bond acceptors (Lipinski definition) is 3. The van der Waals surface area contributed by atoms with E-state index in [4.69, 9.17) is 10.3 Å². The van der Waals surface area contributed by atoms with Crippen LogP contribution >= 0.6 is 0 Å². The Morgan fingerprint density at radius 1 is 1.41 bits per heavy atom. The largest absolute Gasteiger partial charge is 0.491 e. The van der Waals surface area contributed by atoms with Gasteiger partial charge in [0.1, 0.15) is 5.75 Å². The van der Waals surface area contributed by atoms with Crippen LogP contribution in [0.25, 0.3) is 10.4 Å². The van der Waals surface area contributed by atoms with Gasteiger partial charge in [-0.05, 0) is 43.6 Å². The summed E-state index contributed by atoms with van der Waals surface area (Å²) in [6.45, 7) is 4.08. The van der Waals surface area contributed by atoms with Crippen molar-refractivity contribution in [2.24, 2.45) is 5.11 Å². The normalized spacial score (nSPS) is 9.82. The van der Waals surface area contributed by atoms with Gasteiger partial charge in [0.05, 0.1) is 6.10 Å². The first-order valence-electron chi connectivity index (χ1n) is 5.44. The number of rotatable bonds is 6. The minimum atomic E-state index is -0.0338. The molecular weight excluding hydrogens is 218 g/mol. The van der Waals surface area contributed by atoms with Crippen molar-refractivity contribution < 1.29 is 9.53 Å². The third kappa shape index (κ3) is 4.57. The molecule has 0 saturated carbocycles. The van der Waals surface area contributed by atoms with Gasteiger partial charge < -0.3 is 4.74 Å². The standard InChI is InChI=1S/C12H15N3O2/c1-9(2)17-11-5-3-10(4-6-11)12(16)7-8-14-15-13/h3-6,9H,7-8H2,1-2H3. The summed E-state index contributed by atoms with van der Waals surface area (Å²) in [6.07, 6.45) is 0.343. The number of ketones is 1. The molecule has 5 nitrogen and oxygen atoms in total. The van der Waals surface area contributed by atoms with Gasteiger partial charge >= 0.3 is 0 Å². The van der Waals surface area contributed by atoms with Crippen molar-refractivity contribution in [1.82, 2.24) is 0 Å². The fourth-order valence-corrected chi connectivity index (χ4v) is 1.33. The van der Waals surface area contributed by atoms with E-state index in [9.17, 15) is 4.79 Å². The lowest BCUT2D eigenvalue weighted by Crippen LogP contribution is -2.06. The Hall–Kier alpha value is -2.00. The van der Waals surface area contributed by atoms with Crippen LogP contribution < -0.4 is 4.74 Å². The second-order valence-electron chi connectivity index (χ2n) is 3.82. The Morgan fingerprint density at radius 3 is 2.59 bits per heavy atom. The van der Waals surface area contributed by atoms with E-state index in [0.29, 0.717) is 5.56 Å². The van der Waals surface area contributed by atoms with Crippen LogP contribution in [0.3, 0.4) is 0 Å². The quantitative estimate of drug-likeness (QED) is 0.327. The molecule has 0 aliphatic carbocycles. The van der Waals surface area contributed by atoms with E-state index >= 15 is 0 Å². The summed E-state index contributed by atoms with van der Waals surface area (Å²) in [5, 5.41) is 3.33. The summed E-state index contributed by atoms with van der Waals surface area (Å²) in [5.41, 5.74) is 8.71. The number of benzene rings is 1. The molecule has 0 aromatic heterocycles. The summed E-state index contributed by atoms with van der Waals surface area (Å²) in [6, 6.07) is 6.97. The molecule has 1 aromatic rings. The molecule has 0 heterocycles. The zero-order valence-corrected chi connectivity index (χ0v) is 9.96. The molecular formula is C12H15N3O2. The first-order valence-corrected chi connectivity index (χ1v) is 5.44. The average Bonchev–Trinajstić information content (AvgIpc) is 2.29. The molecule has 0 bridgehead atoms. The highest BCUT2D eigenvalue weighted by Gasteiger charge is 2.05. The van der Waals surface area contributed by atoms with Crippen LogP contribution in [0.5, 0.6) is 5.75 Å². The molecule has 0 aliphatic rings. The molecule has 0 spiro atoms. The van der Waals surface area contributed by atoms with Crippen LogP contribution in [0.4, 0.5) is 0 Å². The van der Waals surface area contributed by atoms with E-state index in [1.807, 2.05) is 13.8 Å². The zero-order chi connectivity index (χ0) is 12.7. The first kappa shape index (κ1) is 13.1. The van der Waals surface area contributed by atoms with Crippen molar-refractivity contribution in [1.29, 1.82) is 0 Å². The fourth-order valence-electron chi connectivity index (χ4n) is 1.33. The number of nitrogens with zero attached hydrogens (tertiary/aromatic N) is 3. The average molecular weight is 233 g/mol. The van der Waals surface area contributed by atoms with Crippen LogP contribution in [-0.4, -0.2) is 18.4 Å².